The van der Waals surface area contributed by atoms with E-state index in [-0.39, 0.29) is 0 Å². The first-order chi connectivity index (χ1) is 6.40. The summed E-state index contributed by atoms with van der Waals surface area (Å²) in [4.78, 5) is 3.89. The van der Waals surface area contributed by atoms with Gasteiger partial charge in [0.25, 0.3) is 0 Å². The van der Waals surface area contributed by atoms with E-state index in [1.54, 1.807) is 11.0 Å². The zero-order valence-corrected chi connectivity index (χ0v) is 8.48. The van der Waals surface area contributed by atoms with Crippen LogP contribution in [0.5, 0.6) is 0 Å². The highest BCUT2D eigenvalue weighted by Gasteiger charge is 1.96. The Balaban J connectivity index is 2.41. The molecule has 0 unspecified atom stereocenters. The molecule has 0 bridgehead atoms. The van der Waals surface area contributed by atoms with Crippen LogP contribution < -0.4 is 0 Å². The third kappa shape index (κ3) is 1.78. The van der Waals surface area contributed by atoms with Crippen molar-refractivity contribution in [3.8, 4) is 5.69 Å². The summed E-state index contributed by atoms with van der Waals surface area (Å²) in [6, 6.07) is 8.15. The van der Waals surface area contributed by atoms with Crippen LogP contribution in [0.2, 0.25) is 0 Å². The third-order valence-corrected chi connectivity index (χ3v) is 2.40. The van der Waals surface area contributed by atoms with E-state index >= 15 is 0 Å². The van der Waals surface area contributed by atoms with Gasteiger partial charge in [-0.05, 0) is 17.7 Å². The van der Waals surface area contributed by atoms with Gasteiger partial charge in [0.1, 0.15) is 12.7 Å². The predicted molar refractivity (Wildman–Crippen MR) is 54.0 cm³/mol. The Bertz CT molecular complexity index is 384. The summed E-state index contributed by atoms with van der Waals surface area (Å²) >= 11 is 3.41. The van der Waals surface area contributed by atoms with E-state index in [4.69, 9.17) is 0 Å². The van der Waals surface area contributed by atoms with Crippen molar-refractivity contribution in [1.82, 2.24) is 14.8 Å². The Morgan fingerprint density at radius 3 is 3.00 bits per heavy atom. The number of aromatic nitrogens is 3. The zero-order chi connectivity index (χ0) is 9.10. The molecular weight excluding hydrogens is 230 g/mol. The smallest absolute Gasteiger partial charge is 0.138 e. The maximum absolute atomic E-state index is 4.05. The lowest BCUT2D eigenvalue weighted by Gasteiger charge is -2.01. The first-order valence-electron chi connectivity index (χ1n) is 3.90. The van der Waals surface area contributed by atoms with Gasteiger partial charge in [0.15, 0.2) is 0 Å². The molecule has 0 radical (unpaired) electrons. The average molecular weight is 238 g/mol. The molecule has 2 rings (SSSR count). The second-order valence-corrected chi connectivity index (χ2v) is 3.20. The molecule has 2 aromatic rings. The minimum absolute atomic E-state index is 0.857. The lowest BCUT2D eigenvalue weighted by molar-refractivity contribution is 0.877. The van der Waals surface area contributed by atoms with Crippen molar-refractivity contribution < 1.29 is 0 Å². The second-order valence-electron chi connectivity index (χ2n) is 2.64. The summed E-state index contributed by atoms with van der Waals surface area (Å²) in [6.07, 6.45) is 3.22. The summed E-state index contributed by atoms with van der Waals surface area (Å²) in [5.74, 6) is 0. The number of benzene rings is 1. The Hall–Kier alpha value is -1.16. The van der Waals surface area contributed by atoms with Crippen LogP contribution in [0.1, 0.15) is 5.56 Å². The minimum atomic E-state index is 0.857. The van der Waals surface area contributed by atoms with E-state index in [1.807, 2.05) is 12.1 Å². The highest BCUT2D eigenvalue weighted by molar-refractivity contribution is 9.08. The molecule has 3 nitrogen and oxygen atoms in total. The van der Waals surface area contributed by atoms with Crippen LogP contribution in [0.3, 0.4) is 0 Å². The molecule has 0 saturated carbocycles. The Morgan fingerprint density at radius 2 is 2.31 bits per heavy atom. The van der Waals surface area contributed by atoms with Gasteiger partial charge in [-0.3, -0.25) is 0 Å². The molecule has 0 fully saturated rings. The normalized spacial score (nSPS) is 10.2. The molecule has 4 heteroatoms. The van der Waals surface area contributed by atoms with Crippen LogP contribution in [0.15, 0.2) is 36.9 Å². The van der Waals surface area contributed by atoms with Gasteiger partial charge in [-0.1, -0.05) is 28.1 Å². The number of rotatable bonds is 2. The number of alkyl halides is 1. The van der Waals surface area contributed by atoms with Gasteiger partial charge in [0, 0.05) is 5.33 Å². The Morgan fingerprint density at radius 1 is 1.38 bits per heavy atom. The van der Waals surface area contributed by atoms with Crippen molar-refractivity contribution in [2.45, 2.75) is 5.33 Å². The van der Waals surface area contributed by atoms with Crippen LogP contribution >= 0.6 is 15.9 Å². The van der Waals surface area contributed by atoms with Crippen molar-refractivity contribution in [2.24, 2.45) is 0 Å². The largest absolute Gasteiger partial charge is 0.223 e. The topological polar surface area (TPSA) is 30.7 Å². The zero-order valence-electron chi connectivity index (χ0n) is 6.89. The Kier molecular flexibility index (Phi) is 2.40. The molecule has 1 heterocycles. The standard InChI is InChI=1S/C9H8BrN3/c10-5-8-2-1-3-9(4-8)13-7-11-6-12-13/h1-4,6-7H,5H2. The molecular formula is C9H8BrN3. The third-order valence-electron chi connectivity index (χ3n) is 1.75. The van der Waals surface area contributed by atoms with E-state index in [0.717, 1.165) is 11.0 Å². The van der Waals surface area contributed by atoms with Crippen molar-refractivity contribution in [3.05, 3.63) is 42.5 Å². The highest BCUT2D eigenvalue weighted by Crippen LogP contribution is 2.11. The lowest BCUT2D eigenvalue weighted by Crippen LogP contribution is -1.94. The number of hydrogen-bond donors (Lipinski definition) is 0. The molecule has 0 N–H and O–H groups in total. The van der Waals surface area contributed by atoms with Gasteiger partial charge in [-0.2, -0.15) is 5.10 Å². The molecule has 13 heavy (non-hydrogen) atoms. The van der Waals surface area contributed by atoms with Gasteiger partial charge in [-0.15, -0.1) is 0 Å². The fraction of sp³-hybridized carbons (Fsp3) is 0.111. The van der Waals surface area contributed by atoms with Crippen LogP contribution in [-0.4, -0.2) is 14.8 Å². The first kappa shape index (κ1) is 8.44. The first-order valence-corrected chi connectivity index (χ1v) is 5.02. The van der Waals surface area contributed by atoms with Crippen molar-refractivity contribution in [1.29, 1.82) is 0 Å². The summed E-state index contributed by atoms with van der Waals surface area (Å²) in [5.41, 5.74) is 2.27. The van der Waals surface area contributed by atoms with Gasteiger partial charge in [0.2, 0.25) is 0 Å². The van der Waals surface area contributed by atoms with Crippen LogP contribution in [-0.2, 0) is 5.33 Å². The number of halogens is 1. The molecule has 0 spiro atoms. The van der Waals surface area contributed by atoms with E-state index in [9.17, 15) is 0 Å². The predicted octanol–water partition coefficient (Wildman–Crippen LogP) is 2.16. The lowest BCUT2D eigenvalue weighted by atomic mass is 10.2. The molecule has 0 aliphatic carbocycles. The van der Waals surface area contributed by atoms with Gasteiger partial charge >= 0.3 is 0 Å². The monoisotopic (exact) mass is 237 g/mol. The fourth-order valence-corrected chi connectivity index (χ4v) is 1.47. The summed E-state index contributed by atoms with van der Waals surface area (Å²) < 4.78 is 1.74. The van der Waals surface area contributed by atoms with Crippen LogP contribution in [0.25, 0.3) is 5.69 Å². The van der Waals surface area contributed by atoms with Gasteiger partial charge in [0.05, 0.1) is 5.69 Å². The molecule has 0 amide bonds. The maximum Gasteiger partial charge on any atom is 0.138 e. The summed E-state index contributed by atoms with van der Waals surface area (Å²) in [6.45, 7) is 0. The molecule has 0 atom stereocenters. The highest BCUT2D eigenvalue weighted by atomic mass is 79.9. The summed E-state index contributed by atoms with van der Waals surface area (Å²) in [7, 11) is 0. The van der Waals surface area contributed by atoms with E-state index in [0.29, 0.717) is 0 Å². The van der Waals surface area contributed by atoms with Gasteiger partial charge in [-0.25, -0.2) is 9.67 Å². The Labute approximate surface area is 84.5 Å². The molecule has 66 valence electrons. The molecule has 0 aliphatic rings. The van der Waals surface area contributed by atoms with Crippen LogP contribution in [0.4, 0.5) is 0 Å². The molecule has 1 aromatic carbocycles. The van der Waals surface area contributed by atoms with Crippen molar-refractivity contribution in [2.75, 3.05) is 0 Å². The maximum atomic E-state index is 4.05. The quantitative estimate of drug-likeness (QED) is 0.750. The number of nitrogens with zero attached hydrogens (tertiary/aromatic N) is 3. The average Bonchev–Trinajstić information content (AvgIpc) is 2.71. The van der Waals surface area contributed by atoms with Crippen LogP contribution in [0, 0.1) is 0 Å². The minimum Gasteiger partial charge on any atom is -0.223 e. The van der Waals surface area contributed by atoms with Crippen molar-refractivity contribution >= 4 is 15.9 Å². The molecule has 1 aromatic heterocycles. The SMILES string of the molecule is BrCc1cccc(-n2cncn2)c1. The van der Waals surface area contributed by atoms with Gasteiger partial charge < -0.3 is 0 Å². The van der Waals surface area contributed by atoms with E-state index < -0.39 is 0 Å². The van der Waals surface area contributed by atoms with E-state index in [2.05, 4.69) is 38.1 Å². The second kappa shape index (κ2) is 3.70. The summed E-state index contributed by atoms with van der Waals surface area (Å²) in [5, 5.41) is 4.91. The van der Waals surface area contributed by atoms with Crippen molar-refractivity contribution in [3.63, 3.8) is 0 Å². The molecule has 0 aliphatic heterocycles. The fourth-order valence-electron chi connectivity index (χ4n) is 1.12. The molecule has 0 saturated heterocycles. The number of hydrogen-bond acceptors (Lipinski definition) is 2. The van der Waals surface area contributed by atoms with E-state index in [1.165, 1.54) is 11.9 Å².